The summed E-state index contributed by atoms with van der Waals surface area (Å²) in [5, 5.41) is 11.8. The van der Waals surface area contributed by atoms with E-state index in [1.54, 1.807) is 0 Å². The molecule has 0 bridgehead atoms. The molecular formula is C18H24N4O4S. The van der Waals surface area contributed by atoms with E-state index in [2.05, 4.69) is 15.3 Å². The largest absolute Gasteiger partial charge is 0.480 e. The van der Waals surface area contributed by atoms with Crippen molar-refractivity contribution in [1.29, 1.82) is 0 Å². The summed E-state index contributed by atoms with van der Waals surface area (Å²) in [5.74, 6) is -0.705. The second-order valence-corrected chi connectivity index (χ2v) is 7.51. The molecule has 2 atom stereocenters. The fraction of sp³-hybridized carbons (Fsp3) is 0.444. The van der Waals surface area contributed by atoms with Gasteiger partial charge in [-0.3, -0.25) is 9.59 Å². The van der Waals surface area contributed by atoms with Crippen molar-refractivity contribution in [2.45, 2.75) is 32.1 Å². The van der Waals surface area contributed by atoms with Crippen LogP contribution in [0.4, 0.5) is 0 Å². The molecule has 2 unspecified atom stereocenters. The number of hydrogen-bond acceptors (Lipinski definition) is 5. The molecule has 146 valence electrons. The van der Waals surface area contributed by atoms with E-state index in [9.17, 15) is 19.5 Å². The third kappa shape index (κ3) is 5.72. The number of H-pyrrole nitrogens is 1. The second-order valence-electron chi connectivity index (χ2n) is 6.18. The van der Waals surface area contributed by atoms with Crippen LogP contribution in [0.25, 0.3) is 11.0 Å². The Bertz CT molecular complexity index is 790. The van der Waals surface area contributed by atoms with Gasteiger partial charge in [-0.2, -0.15) is 0 Å². The van der Waals surface area contributed by atoms with Crippen LogP contribution in [0.2, 0.25) is 0 Å². The number of aliphatic carboxylic acids is 1. The van der Waals surface area contributed by atoms with Crippen molar-refractivity contribution in [3.8, 4) is 0 Å². The number of fused-ring (bicyclic) bond motifs is 1. The van der Waals surface area contributed by atoms with Gasteiger partial charge >= 0.3 is 5.97 Å². The van der Waals surface area contributed by atoms with Crippen LogP contribution in [0.3, 0.4) is 0 Å². The monoisotopic (exact) mass is 392 g/mol. The fourth-order valence-corrected chi connectivity index (χ4v) is 3.37. The van der Waals surface area contributed by atoms with Gasteiger partial charge in [-0.25, -0.2) is 9.78 Å². The number of nitrogens with zero attached hydrogens (tertiary/aromatic N) is 2. The van der Waals surface area contributed by atoms with Crippen molar-refractivity contribution >= 4 is 40.6 Å². The van der Waals surface area contributed by atoms with E-state index in [4.69, 9.17) is 0 Å². The first-order chi connectivity index (χ1) is 12.8. The molecule has 1 aromatic heterocycles. The van der Waals surface area contributed by atoms with Crippen molar-refractivity contribution < 1.29 is 19.5 Å². The number of aromatic nitrogens is 2. The maximum Gasteiger partial charge on any atom is 0.326 e. The average molecular weight is 392 g/mol. The highest BCUT2D eigenvalue weighted by atomic mass is 32.2. The number of rotatable bonds is 9. The van der Waals surface area contributed by atoms with Gasteiger partial charge in [0.05, 0.1) is 22.0 Å². The fourth-order valence-electron chi connectivity index (χ4n) is 2.54. The molecule has 0 spiro atoms. The van der Waals surface area contributed by atoms with E-state index in [1.165, 1.54) is 30.5 Å². The van der Waals surface area contributed by atoms with Gasteiger partial charge in [0, 0.05) is 20.0 Å². The first kappa shape index (κ1) is 20.8. The Morgan fingerprint density at radius 3 is 2.63 bits per heavy atom. The molecule has 9 heteroatoms. The third-order valence-electron chi connectivity index (χ3n) is 4.12. The number of benzene rings is 1. The quantitative estimate of drug-likeness (QED) is 0.599. The number of nitrogens with one attached hydrogen (secondary N) is 2. The zero-order valence-electron chi connectivity index (χ0n) is 15.6. The molecule has 3 N–H and O–H groups in total. The summed E-state index contributed by atoms with van der Waals surface area (Å²) in [7, 11) is 0. The number of carbonyl (C=O) groups is 3. The van der Waals surface area contributed by atoms with Crippen molar-refractivity contribution in [1.82, 2.24) is 20.2 Å². The summed E-state index contributed by atoms with van der Waals surface area (Å²) in [6.07, 6.45) is 0. The van der Waals surface area contributed by atoms with Gasteiger partial charge < -0.3 is 20.3 Å². The van der Waals surface area contributed by atoms with Gasteiger partial charge in [-0.1, -0.05) is 12.1 Å². The van der Waals surface area contributed by atoms with Crippen molar-refractivity contribution in [2.24, 2.45) is 0 Å². The molecule has 1 aromatic carbocycles. The molecule has 0 aliphatic heterocycles. The summed E-state index contributed by atoms with van der Waals surface area (Å²) >= 11 is 1.38. The molecule has 1 heterocycles. The molecule has 0 fully saturated rings. The molecule has 2 amide bonds. The van der Waals surface area contributed by atoms with E-state index in [1.807, 2.05) is 31.2 Å². The van der Waals surface area contributed by atoms with Crippen LogP contribution in [0.15, 0.2) is 24.3 Å². The Kier molecular flexibility index (Phi) is 7.23. The smallest absolute Gasteiger partial charge is 0.326 e. The van der Waals surface area contributed by atoms with Crippen LogP contribution < -0.4 is 5.32 Å². The van der Waals surface area contributed by atoms with Crippen molar-refractivity contribution in [3.05, 3.63) is 30.1 Å². The SMILES string of the molecule is CC(=O)NCCN(C(=O)CSC(C)c1nc2ccccc2[nH]1)C(C)C(=O)O. The van der Waals surface area contributed by atoms with Crippen LogP contribution in [0, 0.1) is 0 Å². The number of para-hydroxylation sites is 2. The zero-order chi connectivity index (χ0) is 20.0. The molecule has 8 nitrogen and oxygen atoms in total. The lowest BCUT2D eigenvalue weighted by atomic mass is 10.2. The average Bonchev–Trinajstić information content (AvgIpc) is 3.06. The summed E-state index contributed by atoms with van der Waals surface area (Å²) in [4.78, 5) is 43.9. The molecule has 27 heavy (non-hydrogen) atoms. The Morgan fingerprint density at radius 2 is 2.00 bits per heavy atom. The maximum atomic E-state index is 12.6. The van der Waals surface area contributed by atoms with Gasteiger partial charge in [0.2, 0.25) is 11.8 Å². The Hall–Kier alpha value is -2.55. The lowest BCUT2D eigenvalue weighted by Gasteiger charge is -2.27. The zero-order valence-corrected chi connectivity index (χ0v) is 16.4. The van der Waals surface area contributed by atoms with Crippen molar-refractivity contribution in [3.63, 3.8) is 0 Å². The Balaban J connectivity index is 1.98. The summed E-state index contributed by atoms with van der Waals surface area (Å²) < 4.78 is 0. The summed E-state index contributed by atoms with van der Waals surface area (Å²) in [5.41, 5.74) is 1.80. The van der Waals surface area contributed by atoms with Crippen molar-refractivity contribution in [2.75, 3.05) is 18.8 Å². The molecular weight excluding hydrogens is 368 g/mol. The highest BCUT2D eigenvalue weighted by Crippen LogP contribution is 2.28. The van der Waals surface area contributed by atoms with Crippen LogP contribution in [-0.4, -0.2) is 62.6 Å². The number of carbonyl (C=O) groups excluding carboxylic acids is 2. The van der Waals surface area contributed by atoms with E-state index in [0.29, 0.717) is 0 Å². The summed E-state index contributed by atoms with van der Waals surface area (Å²) in [6.45, 7) is 5.13. The lowest BCUT2D eigenvalue weighted by molar-refractivity contribution is -0.148. The molecule has 0 saturated carbocycles. The number of aromatic amines is 1. The molecule has 0 aliphatic carbocycles. The third-order valence-corrected chi connectivity index (χ3v) is 5.26. The number of thioether (sulfide) groups is 1. The minimum atomic E-state index is -1.08. The first-order valence-electron chi connectivity index (χ1n) is 8.62. The molecule has 0 radical (unpaired) electrons. The van der Waals surface area contributed by atoms with Gasteiger partial charge in [-0.15, -0.1) is 11.8 Å². The minimum Gasteiger partial charge on any atom is -0.480 e. The number of amides is 2. The highest BCUT2D eigenvalue weighted by Gasteiger charge is 2.26. The number of hydrogen-bond donors (Lipinski definition) is 3. The molecule has 0 aliphatic rings. The summed E-state index contributed by atoms with van der Waals surface area (Å²) in [6, 6.07) is 6.72. The number of carboxylic acid groups (broad SMARTS) is 1. The van der Waals surface area contributed by atoms with Gasteiger partial charge in [0.1, 0.15) is 11.9 Å². The maximum absolute atomic E-state index is 12.6. The van der Waals surface area contributed by atoms with Crippen LogP contribution in [-0.2, 0) is 14.4 Å². The molecule has 2 aromatic rings. The van der Waals surface area contributed by atoms with E-state index >= 15 is 0 Å². The van der Waals surface area contributed by atoms with E-state index in [-0.39, 0.29) is 35.9 Å². The molecule has 2 rings (SSSR count). The van der Waals surface area contributed by atoms with Gasteiger partial charge in [0.25, 0.3) is 0 Å². The Labute approximate surface area is 161 Å². The highest BCUT2D eigenvalue weighted by molar-refractivity contribution is 8.00. The van der Waals surface area contributed by atoms with E-state index < -0.39 is 12.0 Å². The minimum absolute atomic E-state index is 0.0568. The topological polar surface area (TPSA) is 115 Å². The molecule has 0 saturated heterocycles. The van der Waals surface area contributed by atoms with Crippen LogP contribution in [0.1, 0.15) is 31.8 Å². The van der Waals surface area contributed by atoms with Crippen LogP contribution >= 0.6 is 11.8 Å². The van der Waals surface area contributed by atoms with Gasteiger partial charge in [0.15, 0.2) is 0 Å². The Morgan fingerprint density at radius 1 is 1.30 bits per heavy atom. The van der Waals surface area contributed by atoms with Gasteiger partial charge in [-0.05, 0) is 26.0 Å². The second kappa shape index (κ2) is 9.40. The predicted molar refractivity (Wildman–Crippen MR) is 104 cm³/mol. The van der Waals surface area contributed by atoms with Crippen LogP contribution in [0.5, 0.6) is 0 Å². The van der Waals surface area contributed by atoms with E-state index in [0.717, 1.165) is 16.9 Å². The normalized spacial score (nSPS) is 13.1. The standard InChI is InChI=1S/C18H24N4O4S/c1-11(18(25)26)22(9-8-19-13(3)23)16(24)10-27-12(2)17-20-14-6-4-5-7-15(14)21-17/h4-7,11-12H,8-10H2,1-3H3,(H,19,23)(H,20,21)(H,25,26). The first-order valence-corrected chi connectivity index (χ1v) is 9.67. The number of imidazole rings is 1. The number of carboxylic acids is 1. The predicted octanol–water partition coefficient (Wildman–Crippen LogP) is 1.79. The lowest BCUT2D eigenvalue weighted by Crippen LogP contribution is -2.47.